The molecule has 4 nitrogen and oxygen atoms in total. The van der Waals surface area contributed by atoms with E-state index in [4.69, 9.17) is 4.74 Å². The van der Waals surface area contributed by atoms with E-state index in [0.29, 0.717) is 13.2 Å². The van der Waals surface area contributed by atoms with E-state index < -0.39 is 5.97 Å². The van der Waals surface area contributed by atoms with Gasteiger partial charge in [0.25, 0.3) is 0 Å². The second kappa shape index (κ2) is 10.4. The summed E-state index contributed by atoms with van der Waals surface area (Å²) in [6.07, 6.45) is 4.16. The summed E-state index contributed by atoms with van der Waals surface area (Å²) in [6.45, 7) is 12.3. The van der Waals surface area contributed by atoms with Crippen molar-refractivity contribution >= 4 is 11.8 Å². The predicted molar refractivity (Wildman–Crippen MR) is 81.6 cm³/mol. The summed E-state index contributed by atoms with van der Waals surface area (Å²) >= 11 is 0. The van der Waals surface area contributed by atoms with Gasteiger partial charge in [0.15, 0.2) is 0 Å². The largest absolute Gasteiger partial charge is 0.464 e. The fourth-order valence-corrected chi connectivity index (χ4v) is 1.42. The molecular weight excluding hydrogens is 254 g/mol. The third-order valence-electron chi connectivity index (χ3n) is 2.58. The molecule has 0 aromatic carbocycles. The van der Waals surface area contributed by atoms with Gasteiger partial charge >= 0.3 is 5.97 Å². The number of rotatable bonds is 9. The highest BCUT2D eigenvalue weighted by atomic mass is 16.5. The molecule has 0 radical (unpaired) electrons. The first kappa shape index (κ1) is 18.6. The van der Waals surface area contributed by atoms with Crippen LogP contribution < -0.4 is 0 Å². The molecule has 0 aromatic rings. The Labute approximate surface area is 122 Å². The lowest BCUT2D eigenvalue weighted by Crippen LogP contribution is -2.29. The van der Waals surface area contributed by atoms with Crippen LogP contribution in [0.3, 0.4) is 0 Å². The number of hydrogen-bond acceptors (Lipinski definition) is 4. The second-order valence-electron chi connectivity index (χ2n) is 5.42. The number of nitrogens with zero attached hydrogens (tertiary/aromatic N) is 1. The monoisotopic (exact) mass is 281 g/mol. The standard InChI is InChI=1S/C16H27NO3/c1-13(2)6-8-17(9-7-14(3)4)10-11-20-16(19)12-15(5)18/h6-7H,8-12H2,1-5H3. The van der Waals surface area contributed by atoms with Crippen LogP contribution in [0.5, 0.6) is 0 Å². The number of hydrogen-bond donors (Lipinski definition) is 0. The minimum atomic E-state index is -0.443. The van der Waals surface area contributed by atoms with Crippen molar-refractivity contribution < 1.29 is 14.3 Å². The lowest BCUT2D eigenvalue weighted by atomic mass is 10.3. The molecule has 0 aliphatic carbocycles. The molecule has 0 saturated heterocycles. The van der Waals surface area contributed by atoms with E-state index in [9.17, 15) is 9.59 Å². The summed E-state index contributed by atoms with van der Waals surface area (Å²) in [5, 5.41) is 0. The maximum absolute atomic E-state index is 11.3. The number of allylic oxidation sites excluding steroid dienone is 2. The molecule has 0 aromatic heterocycles. The zero-order valence-corrected chi connectivity index (χ0v) is 13.4. The molecular formula is C16H27NO3. The number of esters is 1. The summed E-state index contributed by atoms with van der Waals surface area (Å²) in [7, 11) is 0. The van der Waals surface area contributed by atoms with Crippen LogP contribution in [-0.4, -0.2) is 42.9 Å². The Morgan fingerprint density at radius 1 is 0.950 bits per heavy atom. The van der Waals surface area contributed by atoms with Gasteiger partial charge in [-0.15, -0.1) is 0 Å². The number of carbonyl (C=O) groups excluding carboxylic acids is 2. The molecule has 0 amide bonds. The lowest BCUT2D eigenvalue weighted by Gasteiger charge is -2.19. The van der Waals surface area contributed by atoms with Crippen LogP contribution in [0.4, 0.5) is 0 Å². The van der Waals surface area contributed by atoms with Crippen molar-refractivity contribution in [3.63, 3.8) is 0 Å². The summed E-state index contributed by atoms with van der Waals surface area (Å²) in [5.41, 5.74) is 2.53. The average Bonchev–Trinajstić information content (AvgIpc) is 2.30. The predicted octanol–water partition coefficient (Wildman–Crippen LogP) is 2.74. The van der Waals surface area contributed by atoms with Gasteiger partial charge in [0, 0.05) is 19.6 Å². The van der Waals surface area contributed by atoms with E-state index in [0.717, 1.165) is 13.1 Å². The lowest BCUT2D eigenvalue weighted by molar-refractivity contribution is -0.146. The summed E-state index contributed by atoms with van der Waals surface area (Å²) < 4.78 is 5.05. The average molecular weight is 281 g/mol. The fraction of sp³-hybridized carbons (Fsp3) is 0.625. The first-order valence-electron chi connectivity index (χ1n) is 6.95. The molecule has 0 aliphatic heterocycles. The number of Topliss-reactive ketones (excluding diaryl/α,β-unsaturated/α-hetero) is 1. The van der Waals surface area contributed by atoms with Gasteiger partial charge in [0.1, 0.15) is 18.8 Å². The van der Waals surface area contributed by atoms with Gasteiger partial charge in [-0.1, -0.05) is 23.3 Å². The van der Waals surface area contributed by atoms with Crippen molar-refractivity contribution in [2.24, 2.45) is 0 Å². The molecule has 20 heavy (non-hydrogen) atoms. The number of ether oxygens (including phenoxy) is 1. The van der Waals surface area contributed by atoms with Gasteiger partial charge in [-0.05, 0) is 34.6 Å². The Hall–Kier alpha value is -1.42. The van der Waals surface area contributed by atoms with E-state index in [1.165, 1.54) is 18.1 Å². The van der Waals surface area contributed by atoms with Crippen molar-refractivity contribution in [3.8, 4) is 0 Å². The fourth-order valence-electron chi connectivity index (χ4n) is 1.42. The second-order valence-corrected chi connectivity index (χ2v) is 5.42. The summed E-state index contributed by atoms with van der Waals surface area (Å²) in [4.78, 5) is 24.3. The normalized spacial score (nSPS) is 10.1. The van der Waals surface area contributed by atoms with Gasteiger partial charge in [0.05, 0.1) is 0 Å². The first-order chi connectivity index (χ1) is 9.31. The topological polar surface area (TPSA) is 46.6 Å². The van der Waals surface area contributed by atoms with Crippen LogP contribution in [0.15, 0.2) is 23.3 Å². The molecule has 4 heteroatoms. The van der Waals surface area contributed by atoms with Gasteiger partial charge in [-0.25, -0.2) is 0 Å². The van der Waals surface area contributed by atoms with Gasteiger partial charge in [-0.2, -0.15) is 0 Å². The molecule has 0 fully saturated rings. The van der Waals surface area contributed by atoms with Crippen LogP contribution in [0.1, 0.15) is 41.0 Å². The van der Waals surface area contributed by atoms with Gasteiger partial charge in [-0.3, -0.25) is 14.5 Å². The van der Waals surface area contributed by atoms with Crippen LogP contribution in [0.2, 0.25) is 0 Å². The van der Waals surface area contributed by atoms with Crippen LogP contribution in [0, 0.1) is 0 Å². The molecule has 0 heterocycles. The minimum Gasteiger partial charge on any atom is -0.464 e. The smallest absolute Gasteiger partial charge is 0.313 e. The van der Waals surface area contributed by atoms with E-state index in [1.807, 2.05) is 0 Å². The third-order valence-corrected chi connectivity index (χ3v) is 2.58. The van der Waals surface area contributed by atoms with Crippen LogP contribution >= 0.6 is 0 Å². The van der Waals surface area contributed by atoms with Crippen LogP contribution in [0.25, 0.3) is 0 Å². The van der Waals surface area contributed by atoms with E-state index in [-0.39, 0.29) is 12.2 Å². The van der Waals surface area contributed by atoms with Crippen molar-refractivity contribution in [1.82, 2.24) is 4.90 Å². The SMILES string of the molecule is CC(=O)CC(=O)OCCN(CC=C(C)C)CC=C(C)C. The molecule has 0 N–H and O–H groups in total. The Bertz CT molecular complexity index is 355. The van der Waals surface area contributed by atoms with Crippen molar-refractivity contribution in [3.05, 3.63) is 23.3 Å². The zero-order chi connectivity index (χ0) is 15.5. The molecule has 0 atom stereocenters. The molecule has 0 aliphatic rings. The van der Waals surface area contributed by atoms with Crippen molar-refractivity contribution in [1.29, 1.82) is 0 Å². The molecule has 0 rings (SSSR count). The van der Waals surface area contributed by atoms with Crippen LogP contribution in [-0.2, 0) is 14.3 Å². The van der Waals surface area contributed by atoms with Gasteiger partial charge < -0.3 is 4.74 Å². The molecule has 114 valence electrons. The first-order valence-corrected chi connectivity index (χ1v) is 6.95. The Morgan fingerprint density at radius 2 is 1.45 bits per heavy atom. The zero-order valence-electron chi connectivity index (χ0n) is 13.4. The molecule has 0 unspecified atom stereocenters. The minimum absolute atomic E-state index is 0.137. The van der Waals surface area contributed by atoms with E-state index in [1.54, 1.807) is 0 Å². The van der Waals surface area contributed by atoms with Crippen molar-refractivity contribution in [2.75, 3.05) is 26.2 Å². The highest BCUT2D eigenvalue weighted by Gasteiger charge is 2.07. The highest BCUT2D eigenvalue weighted by molar-refractivity contribution is 5.94. The van der Waals surface area contributed by atoms with E-state index >= 15 is 0 Å². The number of ketones is 1. The van der Waals surface area contributed by atoms with Gasteiger partial charge in [0.2, 0.25) is 0 Å². The van der Waals surface area contributed by atoms with E-state index in [2.05, 4.69) is 44.7 Å². The third kappa shape index (κ3) is 11.7. The maximum atomic E-state index is 11.3. The Morgan fingerprint density at radius 3 is 1.85 bits per heavy atom. The Kier molecular flexibility index (Phi) is 9.64. The highest BCUT2D eigenvalue weighted by Crippen LogP contribution is 1.98. The summed E-state index contributed by atoms with van der Waals surface area (Å²) in [5.74, 6) is -0.609. The maximum Gasteiger partial charge on any atom is 0.313 e. The molecule has 0 spiro atoms. The van der Waals surface area contributed by atoms with Crippen molar-refractivity contribution in [2.45, 2.75) is 41.0 Å². The Balaban J connectivity index is 4.21. The quantitative estimate of drug-likeness (QED) is 0.370. The molecule has 0 bridgehead atoms. The number of carbonyl (C=O) groups is 2. The summed E-state index contributed by atoms with van der Waals surface area (Å²) in [6, 6.07) is 0. The molecule has 0 saturated carbocycles.